The Labute approximate surface area is 121 Å². The van der Waals surface area contributed by atoms with E-state index in [0.29, 0.717) is 6.54 Å². The van der Waals surface area contributed by atoms with Crippen LogP contribution in [-0.2, 0) is 17.8 Å². The van der Waals surface area contributed by atoms with Gasteiger partial charge in [-0.3, -0.25) is 4.90 Å². The molecule has 2 aliphatic heterocycles. The molecule has 0 amide bonds. The molecule has 1 saturated heterocycles. The van der Waals surface area contributed by atoms with E-state index >= 15 is 0 Å². The van der Waals surface area contributed by atoms with E-state index in [-0.39, 0.29) is 16.7 Å². The van der Waals surface area contributed by atoms with Crippen LogP contribution in [0, 0.1) is 0 Å². The van der Waals surface area contributed by atoms with Crippen molar-refractivity contribution in [3.05, 3.63) is 18.2 Å². The van der Waals surface area contributed by atoms with Gasteiger partial charge in [0.2, 0.25) is 0 Å². The maximum Gasteiger partial charge on any atom is 0.122 e. The summed E-state index contributed by atoms with van der Waals surface area (Å²) in [5, 5.41) is 0. The molecule has 0 spiro atoms. The minimum Gasteiger partial charge on any atom is -0.368 e. The highest BCUT2D eigenvalue weighted by Crippen LogP contribution is 2.48. The Balaban J connectivity index is 1.95. The van der Waals surface area contributed by atoms with Crippen molar-refractivity contribution in [2.24, 2.45) is 5.73 Å². The molecule has 20 heavy (non-hydrogen) atoms. The van der Waals surface area contributed by atoms with Crippen LogP contribution >= 0.6 is 0 Å². The average molecular weight is 278 g/mol. The molecule has 1 aromatic rings. The second-order valence-electron chi connectivity index (χ2n) is 7.24. The van der Waals surface area contributed by atoms with Gasteiger partial charge in [0.1, 0.15) is 5.82 Å². The number of ether oxygens (including phenoxy) is 1. The molecule has 1 atom stereocenters. The highest BCUT2D eigenvalue weighted by atomic mass is 16.5. The third-order valence-electron chi connectivity index (χ3n) is 5.06. The number of fused-ring (bicyclic) bond motifs is 1. The molecule has 2 N–H and O–H groups in total. The molecular weight excluding hydrogens is 252 g/mol. The van der Waals surface area contributed by atoms with E-state index < -0.39 is 0 Å². The summed E-state index contributed by atoms with van der Waals surface area (Å²) < 4.78 is 8.55. The Morgan fingerprint density at radius 2 is 2.05 bits per heavy atom. The Morgan fingerprint density at radius 1 is 1.30 bits per heavy atom. The molecule has 3 heterocycles. The molecule has 3 rings (SSSR count). The fraction of sp³-hybridized carbons (Fsp3) is 0.800. The maximum atomic E-state index is 6.32. The summed E-state index contributed by atoms with van der Waals surface area (Å²) in [7, 11) is 0. The molecule has 1 fully saturated rings. The Hall–Kier alpha value is -0.910. The van der Waals surface area contributed by atoms with Gasteiger partial charge in [0.15, 0.2) is 0 Å². The van der Waals surface area contributed by atoms with Gasteiger partial charge in [-0.15, -0.1) is 0 Å². The molecule has 1 aromatic heterocycles. The van der Waals surface area contributed by atoms with E-state index in [1.165, 1.54) is 0 Å². The van der Waals surface area contributed by atoms with Crippen molar-refractivity contribution in [1.82, 2.24) is 14.5 Å². The second kappa shape index (κ2) is 4.29. The van der Waals surface area contributed by atoms with Gasteiger partial charge >= 0.3 is 0 Å². The van der Waals surface area contributed by atoms with Crippen molar-refractivity contribution < 1.29 is 4.74 Å². The summed E-state index contributed by atoms with van der Waals surface area (Å²) in [5.41, 5.74) is 5.75. The van der Waals surface area contributed by atoms with Gasteiger partial charge in [-0.25, -0.2) is 4.98 Å². The number of rotatable bonds is 2. The van der Waals surface area contributed by atoms with Crippen LogP contribution in [0.3, 0.4) is 0 Å². The number of hydrogen-bond acceptors (Lipinski definition) is 4. The smallest absolute Gasteiger partial charge is 0.122 e. The standard InChI is InChI=1S/C15H26N4O/c1-13(2)10-15(11-16,14(3,4)20-13)19-8-7-18-6-5-17-12(18)9-19/h5-6H,7-11,16H2,1-4H3. The van der Waals surface area contributed by atoms with Gasteiger partial charge < -0.3 is 15.0 Å². The Bertz CT molecular complexity index is 508. The Morgan fingerprint density at radius 3 is 2.65 bits per heavy atom. The first-order valence-electron chi connectivity index (χ1n) is 7.45. The van der Waals surface area contributed by atoms with Gasteiger partial charge in [0, 0.05) is 32.0 Å². The van der Waals surface area contributed by atoms with Crippen molar-refractivity contribution in [2.75, 3.05) is 13.1 Å². The quantitative estimate of drug-likeness (QED) is 0.888. The number of aromatic nitrogens is 2. The Kier molecular flexibility index (Phi) is 3.01. The number of nitrogens with zero attached hydrogens (tertiary/aromatic N) is 3. The fourth-order valence-corrected chi connectivity index (χ4v) is 4.22. The lowest BCUT2D eigenvalue weighted by molar-refractivity contribution is -0.108. The van der Waals surface area contributed by atoms with Crippen LogP contribution in [-0.4, -0.2) is 44.3 Å². The fourth-order valence-electron chi connectivity index (χ4n) is 4.22. The maximum absolute atomic E-state index is 6.32. The van der Waals surface area contributed by atoms with E-state index in [1.807, 2.05) is 6.20 Å². The third kappa shape index (κ3) is 1.91. The van der Waals surface area contributed by atoms with Gasteiger partial charge in [-0.2, -0.15) is 0 Å². The van der Waals surface area contributed by atoms with E-state index in [1.54, 1.807) is 0 Å². The topological polar surface area (TPSA) is 56.3 Å². The first-order chi connectivity index (χ1) is 9.30. The molecular formula is C15H26N4O. The van der Waals surface area contributed by atoms with Crippen LogP contribution in [0.25, 0.3) is 0 Å². The zero-order chi connectivity index (χ0) is 14.6. The highest BCUT2D eigenvalue weighted by Gasteiger charge is 2.59. The van der Waals surface area contributed by atoms with Crippen LogP contribution in [0.2, 0.25) is 0 Å². The van der Waals surface area contributed by atoms with Crippen LogP contribution < -0.4 is 5.73 Å². The summed E-state index contributed by atoms with van der Waals surface area (Å²) in [5.74, 6) is 1.13. The molecule has 0 radical (unpaired) electrons. The largest absolute Gasteiger partial charge is 0.368 e. The number of nitrogens with two attached hydrogens (primary N) is 1. The van der Waals surface area contributed by atoms with Crippen molar-refractivity contribution in [3.8, 4) is 0 Å². The number of imidazole rings is 1. The summed E-state index contributed by atoms with van der Waals surface area (Å²) in [4.78, 5) is 6.96. The number of hydrogen-bond donors (Lipinski definition) is 1. The second-order valence-corrected chi connectivity index (χ2v) is 7.24. The molecule has 5 nitrogen and oxygen atoms in total. The first-order valence-corrected chi connectivity index (χ1v) is 7.45. The van der Waals surface area contributed by atoms with Gasteiger partial charge in [0.25, 0.3) is 0 Å². The lowest BCUT2D eigenvalue weighted by Gasteiger charge is -2.49. The summed E-state index contributed by atoms with van der Waals surface area (Å²) in [6.45, 7) is 12.1. The predicted octanol–water partition coefficient (Wildman–Crippen LogP) is 1.37. The van der Waals surface area contributed by atoms with Crippen LogP contribution in [0.15, 0.2) is 12.4 Å². The monoisotopic (exact) mass is 278 g/mol. The van der Waals surface area contributed by atoms with E-state index in [2.05, 4.69) is 48.3 Å². The lowest BCUT2D eigenvalue weighted by atomic mass is 9.77. The molecule has 2 aliphatic rings. The minimum atomic E-state index is -0.250. The van der Waals surface area contributed by atoms with Gasteiger partial charge in [0.05, 0.1) is 23.3 Å². The van der Waals surface area contributed by atoms with Gasteiger partial charge in [-0.1, -0.05) is 0 Å². The van der Waals surface area contributed by atoms with Gasteiger partial charge in [-0.05, 0) is 34.1 Å². The van der Waals surface area contributed by atoms with Crippen molar-refractivity contribution in [2.45, 2.75) is 63.9 Å². The molecule has 112 valence electrons. The highest BCUT2D eigenvalue weighted by molar-refractivity contribution is 5.14. The molecule has 0 aliphatic carbocycles. The summed E-state index contributed by atoms with van der Waals surface area (Å²) in [6.07, 6.45) is 4.90. The zero-order valence-corrected chi connectivity index (χ0v) is 13.0. The van der Waals surface area contributed by atoms with Crippen LogP contribution in [0.4, 0.5) is 0 Å². The zero-order valence-electron chi connectivity index (χ0n) is 13.0. The SMILES string of the molecule is CC1(C)CC(CN)(N2CCn3ccnc3C2)C(C)(C)O1. The summed E-state index contributed by atoms with van der Waals surface area (Å²) in [6, 6.07) is 0. The van der Waals surface area contributed by atoms with Crippen molar-refractivity contribution >= 4 is 0 Å². The molecule has 0 saturated carbocycles. The lowest BCUT2D eigenvalue weighted by Crippen LogP contribution is -2.64. The molecule has 1 unspecified atom stereocenters. The van der Waals surface area contributed by atoms with Crippen molar-refractivity contribution in [1.29, 1.82) is 0 Å². The van der Waals surface area contributed by atoms with E-state index in [9.17, 15) is 0 Å². The summed E-state index contributed by atoms with van der Waals surface area (Å²) >= 11 is 0. The third-order valence-corrected chi connectivity index (χ3v) is 5.06. The molecule has 0 bridgehead atoms. The van der Waals surface area contributed by atoms with Crippen LogP contribution in [0.1, 0.15) is 39.9 Å². The molecule has 0 aromatic carbocycles. The molecule has 5 heteroatoms. The van der Waals surface area contributed by atoms with Crippen LogP contribution in [0.5, 0.6) is 0 Å². The normalized spacial score (nSPS) is 32.2. The first kappa shape index (κ1) is 14.0. The van der Waals surface area contributed by atoms with E-state index in [0.717, 1.165) is 31.9 Å². The predicted molar refractivity (Wildman–Crippen MR) is 78.3 cm³/mol. The minimum absolute atomic E-state index is 0.117. The van der Waals surface area contributed by atoms with Crippen molar-refractivity contribution in [3.63, 3.8) is 0 Å². The van der Waals surface area contributed by atoms with E-state index in [4.69, 9.17) is 10.5 Å². The average Bonchev–Trinajstić information content (AvgIpc) is 2.87.